The number of hydrogen-bond donors (Lipinski definition) is 1. The Morgan fingerprint density at radius 1 is 1.56 bits per heavy atom. The lowest BCUT2D eigenvalue weighted by Crippen LogP contribution is -2.49. The first-order valence-corrected chi connectivity index (χ1v) is 6.30. The molecule has 1 aromatic rings. The largest absolute Gasteiger partial charge is 0.374 e. The number of nitrogens with zero attached hydrogens (tertiary/aromatic N) is 2. The van der Waals surface area contributed by atoms with Gasteiger partial charge in [0.05, 0.1) is 24.9 Å². The highest BCUT2D eigenvalue weighted by atomic mass is 19.1. The van der Waals surface area contributed by atoms with E-state index in [0.29, 0.717) is 18.2 Å². The molecule has 2 N–H and O–H groups in total. The summed E-state index contributed by atoms with van der Waals surface area (Å²) in [6, 6.07) is 1.62. The van der Waals surface area contributed by atoms with Gasteiger partial charge in [-0.05, 0) is 19.9 Å². The van der Waals surface area contributed by atoms with E-state index < -0.39 is 6.04 Å². The van der Waals surface area contributed by atoms with Gasteiger partial charge in [-0.2, -0.15) is 0 Å². The molecule has 0 spiro atoms. The van der Waals surface area contributed by atoms with Gasteiger partial charge in [0.2, 0.25) is 0 Å². The highest BCUT2D eigenvalue weighted by Gasteiger charge is 2.29. The number of nitrogens with two attached hydrogens (primary N) is 1. The SMILES string of the molecule is CC(C)N1CCOC(C(N)c2ccncc2F)C1. The van der Waals surface area contributed by atoms with E-state index in [1.165, 1.54) is 6.20 Å². The molecule has 0 saturated carbocycles. The van der Waals surface area contributed by atoms with Gasteiger partial charge in [0, 0.05) is 30.9 Å². The lowest BCUT2D eigenvalue weighted by molar-refractivity contribution is -0.0506. The standard InChI is InChI=1S/C13H20FN3O/c1-9(2)17-5-6-18-12(8-17)13(15)10-3-4-16-7-11(10)14/h3-4,7,9,12-13H,5-6,8,15H2,1-2H3. The van der Waals surface area contributed by atoms with Crippen LogP contribution in [0.3, 0.4) is 0 Å². The van der Waals surface area contributed by atoms with Crippen molar-refractivity contribution in [3.63, 3.8) is 0 Å². The Kier molecular flexibility index (Phi) is 4.27. The molecule has 5 heteroatoms. The third-order valence-corrected chi connectivity index (χ3v) is 3.42. The molecule has 2 rings (SSSR count). The number of rotatable bonds is 3. The maximum Gasteiger partial charge on any atom is 0.146 e. The number of pyridine rings is 1. The molecule has 1 saturated heterocycles. The van der Waals surface area contributed by atoms with Gasteiger partial charge in [0.15, 0.2) is 0 Å². The molecular weight excluding hydrogens is 233 g/mol. The van der Waals surface area contributed by atoms with Crippen LogP contribution in [0.2, 0.25) is 0 Å². The Hall–Kier alpha value is -1.04. The summed E-state index contributed by atoms with van der Waals surface area (Å²) in [5.74, 6) is -0.365. The minimum absolute atomic E-state index is 0.168. The van der Waals surface area contributed by atoms with Crippen molar-refractivity contribution >= 4 is 0 Å². The third kappa shape index (κ3) is 2.85. The molecule has 0 aliphatic carbocycles. The van der Waals surface area contributed by atoms with Gasteiger partial charge >= 0.3 is 0 Å². The number of aromatic nitrogens is 1. The van der Waals surface area contributed by atoms with Crippen molar-refractivity contribution in [2.24, 2.45) is 5.73 Å². The minimum Gasteiger partial charge on any atom is -0.374 e. The first kappa shape index (κ1) is 13.4. The fourth-order valence-electron chi connectivity index (χ4n) is 2.24. The molecule has 4 nitrogen and oxygen atoms in total. The smallest absolute Gasteiger partial charge is 0.146 e. The van der Waals surface area contributed by atoms with E-state index in [1.54, 1.807) is 12.3 Å². The Morgan fingerprint density at radius 2 is 2.33 bits per heavy atom. The monoisotopic (exact) mass is 253 g/mol. The number of halogens is 1. The fourth-order valence-corrected chi connectivity index (χ4v) is 2.24. The molecule has 2 unspecified atom stereocenters. The molecule has 0 amide bonds. The second-order valence-corrected chi connectivity index (χ2v) is 4.92. The van der Waals surface area contributed by atoms with E-state index in [4.69, 9.17) is 10.5 Å². The van der Waals surface area contributed by atoms with Crippen LogP contribution in [0.25, 0.3) is 0 Å². The van der Waals surface area contributed by atoms with Crippen LogP contribution in [-0.4, -0.2) is 41.7 Å². The fraction of sp³-hybridized carbons (Fsp3) is 0.615. The molecule has 18 heavy (non-hydrogen) atoms. The average Bonchev–Trinajstić information content (AvgIpc) is 2.38. The predicted molar refractivity (Wildman–Crippen MR) is 67.6 cm³/mol. The Labute approximate surface area is 107 Å². The van der Waals surface area contributed by atoms with E-state index in [9.17, 15) is 4.39 Å². The molecule has 1 aromatic heterocycles. The van der Waals surface area contributed by atoms with Crippen LogP contribution in [0, 0.1) is 5.82 Å². The van der Waals surface area contributed by atoms with Gasteiger partial charge in [-0.1, -0.05) is 0 Å². The van der Waals surface area contributed by atoms with Crippen molar-refractivity contribution in [2.45, 2.75) is 32.0 Å². The lowest BCUT2D eigenvalue weighted by Gasteiger charge is -2.38. The zero-order chi connectivity index (χ0) is 13.1. The van der Waals surface area contributed by atoms with Crippen molar-refractivity contribution in [1.82, 2.24) is 9.88 Å². The molecule has 2 heterocycles. The van der Waals surface area contributed by atoms with E-state index in [-0.39, 0.29) is 11.9 Å². The van der Waals surface area contributed by atoms with Crippen molar-refractivity contribution in [1.29, 1.82) is 0 Å². The number of morpholine rings is 1. The zero-order valence-corrected chi connectivity index (χ0v) is 10.8. The predicted octanol–water partition coefficient (Wildman–Crippen LogP) is 1.33. The van der Waals surface area contributed by atoms with Crippen LogP contribution in [0.4, 0.5) is 4.39 Å². The highest BCUT2D eigenvalue weighted by Crippen LogP contribution is 2.22. The number of hydrogen-bond acceptors (Lipinski definition) is 4. The molecule has 1 aliphatic heterocycles. The maximum absolute atomic E-state index is 13.6. The van der Waals surface area contributed by atoms with Gasteiger partial charge in [-0.15, -0.1) is 0 Å². The molecular formula is C13H20FN3O. The molecule has 100 valence electrons. The summed E-state index contributed by atoms with van der Waals surface area (Å²) in [5, 5.41) is 0. The quantitative estimate of drug-likeness (QED) is 0.883. The van der Waals surface area contributed by atoms with Crippen LogP contribution >= 0.6 is 0 Å². The Bertz CT molecular complexity index is 400. The molecule has 0 bridgehead atoms. The normalized spacial score (nSPS) is 23.3. The highest BCUT2D eigenvalue weighted by molar-refractivity contribution is 5.18. The molecule has 2 atom stereocenters. The van der Waals surface area contributed by atoms with Gasteiger partial charge < -0.3 is 10.5 Å². The van der Waals surface area contributed by atoms with Crippen LogP contribution in [-0.2, 0) is 4.74 Å². The summed E-state index contributed by atoms with van der Waals surface area (Å²) in [7, 11) is 0. The lowest BCUT2D eigenvalue weighted by atomic mass is 10.0. The summed E-state index contributed by atoms with van der Waals surface area (Å²) in [6.07, 6.45) is 2.58. The van der Waals surface area contributed by atoms with E-state index in [1.807, 2.05) is 0 Å². The first-order valence-electron chi connectivity index (χ1n) is 6.30. The molecule has 1 aliphatic rings. The van der Waals surface area contributed by atoms with Gasteiger partial charge in [-0.3, -0.25) is 9.88 Å². The topological polar surface area (TPSA) is 51.4 Å². The summed E-state index contributed by atoms with van der Waals surface area (Å²) in [5.41, 5.74) is 6.59. The van der Waals surface area contributed by atoms with Gasteiger partial charge in [0.25, 0.3) is 0 Å². The Balaban J connectivity index is 2.09. The van der Waals surface area contributed by atoms with Crippen LogP contribution < -0.4 is 5.73 Å². The van der Waals surface area contributed by atoms with Gasteiger partial charge in [0.1, 0.15) is 5.82 Å². The molecule has 0 aromatic carbocycles. The van der Waals surface area contributed by atoms with Crippen molar-refractivity contribution < 1.29 is 9.13 Å². The summed E-state index contributed by atoms with van der Waals surface area (Å²) in [6.45, 7) is 6.56. The van der Waals surface area contributed by atoms with Crippen molar-refractivity contribution in [3.8, 4) is 0 Å². The summed E-state index contributed by atoms with van der Waals surface area (Å²) >= 11 is 0. The summed E-state index contributed by atoms with van der Waals surface area (Å²) < 4.78 is 19.3. The van der Waals surface area contributed by atoms with Crippen LogP contribution in [0.1, 0.15) is 25.5 Å². The van der Waals surface area contributed by atoms with Crippen LogP contribution in [0.5, 0.6) is 0 Å². The van der Waals surface area contributed by atoms with E-state index in [0.717, 1.165) is 13.1 Å². The molecule has 1 fully saturated rings. The minimum atomic E-state index is -0.449. The second kappa shape index (κ2) is 5.73. The average molecular weight is 253 g/mol. The van der Waals surface area contributed by atoms with Crippen molar-refractivity contribution in [3.05, 3.63) is 29.8 Å². The van der Waals surface area contributed by atoms with Crippen molar-refractivity contribution in [2.75, 3.05) is 19.7 Å². The first-order chi connectivity index (χ1) is 8.59. The van der Waals surface area contributed by atoms with Gasteiger partial charge in [-0.25, -0.2) is 4.39 Å². The second-order valence-electron chi connectivity index (χ2n) is 4.92. The van der Waals surface area contributed by atoms with E-state index >= 15 is 0 Å². The summed E-state index contributed by atoms with van der Waals surface area (Å²) in [4.78, 5) is 6.03. The van der Waals surface area contributed by atoms with Crippen LogP contribution in [0.15, 0.2) is 18.5 Å². The van der Waals surface area contributed by atoms with E-state index in [2.05, 4.69) is 23.7 Å². The Morgan fingerprint density at radius 3 is 3.00 bits per heavy atom. The third-order valence-electron chi connectivity index (χ3n) is 3.42. The maximum atomic E-state index is 13.6. The number of ether oxygens (including phenoxy) is 1. The molecule has 0 radical (unpaired) electrons. The zero-order valence-electron chi connectivity index (χ0n) is 10.8.